The third-order valence-electron chi connectivity index (χ3n) is 5.91. The molecule has 0 amide bonds. The van der Waals surface area contributed by atoms with E-state index >= 15 is 0 Å². The fourth-order valence-electron chi connectivity index (χ4n) is 4.20. The second-order valence-electron chi connectivity index (χ2n) is 9.95. The number of hydrogen-bond acceptors (Lipinski definition) is 2. The molecule has 0 radical (unpaired) electrons. The monoisotopic (exact) mass is 378 g/mol. The molecule has 0 bridgehead atoms. The van der Waals surface area contributed by atoms with Gasteiger partial charge in [-0.1, -0.05) is 41.5 Å². The summed E-state index contributed by atoms with van der Waals surface area (Å²) < 4.78 is 11.6. The van der Waals surface area contributed by atoms with Crippen LogP contribution in [-0.2, 0) is 10.8 Å². The van der Waals surface area contributed by atoms with E-state index in [0.29, 0.717) is 0 Å². The highest BCUT2D eigenvalue weighted by molar-refractivity contribution is 6.07. The van der Waals surface area contributed by atoms with Gasteiger partial charge in [-0.3, -0.25) is 0 Å². The standard InChI is InChI=1S/C26H34O2/c1-15-17-11-21(25(3,4)5)24(28-10)14-20(17)16(2)18-12-22(26(6,7)8)23(27-9)13-19(15)18/h11-14H,1-10H3. The Morgan fingerprint density at radius 3 is 1.07 bits per heavy atom. The minimum absolute atomic E-state index is 0.0165. The summed E-state index contributed by atoms with van der Waals surface area (Å²) in [6, 6.07) is 9.08. The molecule has 2 heteroatoms. The van der Waals surface area contributed by atoms with Crippen LogP contribution in [0.25, 0.3) is 21.5 Å². The second kappa shape index (κ2) is 6.69. The van der Waals surface area contributed by atoms with E-state index in [0.717, 1.165) is 11.5 Å². The van der Waals surface area contributed by atoms with E-state index in [1.54, 1.807) is 14.2 Å². The summed E-state index contributed by atoms with van der Waals surface area (Å²) in [5.74, 6) is 1.93. The maximum Gasteiger partial charge on any atom is 0.123 e. The molecule has 28 heavy (non-hydrogen) atoms. The van der Waals surface area contributed by atoms with Crippen molar-refractivity contribution in [3.63, 3.8) is 0 Å². The Labute approximate surface area is 169 Å². The highest BCUT2D eigenvalue weighted by atomic mass is 16.5. The predicted octanol–water partition coefficient (Wildman–Crippen LogP) is 7.22. The smallest absolute Gasteiger partial charge is 0.123 e. The quantitative estimate of drug-likeness (QED) is 0.438. The summed E-state index contributed by atoms with van der Waals surface area (Å²) in [6.07, 6.45) is 0. The molecule has 2 nitrogen and oxygen atoms in total. The Hall–Kier alpha value is -2.22. The van der Waals surface area contributed by atoms with Crippen LogP contribution in [0.15, 0.2) is 24.3 Å². The molecule has 0 N–H and O–H groups in total. The van der Waals surface area contributed by atoms with Gasteiger partial charge < -0.3 is 9.47 Å². The van der Waals surface area contributed by atoms with Gasteiger partial charge in [0, 0.05) is 11.1 Å². The summed E-state index contributed by atoms with van der Waals surface area (Å²) in [5.41, 5.74) is 5.10. The van der Waals surface area contributed by atoms with Crippen molar-refractivity contribution in [3.05, 3.63) is 46.5 Å². The first-order chi connectivity index (χ1) is 12.9. The number of ether oxygens (including phenoxy) is 2. The van der Waals surface area contributed by atoms with Crippen LogP contribution in [-0.4, -0.2) is 14.2 Å². The maximum atomic E-state index is 5.78. The molecule has 3 aromatic rings. The molecule has 0 unspecified atom stereocenters. The SMILES string of the molecule is COc1cc2c(C)c3cc(C(C)(C)C)c(OC)cc3c(C)c2cc1C(C)(C)C. The Morgan fingerprint density at radius 1 is 0.536 bits per heavy atom. The van der Waals surface area contributed by atoms with Gasteiger partial charge in [0.15, 0.2) is 0 Å². The molecule has 0 aliphatic rings. The van der Waals surface area contributed by atoms with E-state index < -0.39 is 0 Å². The average Bonchev–Trinajstić information content (AvgIpc) is 2.62. The molecule has 150 valence electrons. The maximum absolute atomic E-state index is 5.78. The van der Waals surface area contributed by atoms with Gasteiger partial charge in [-0.25, -0.2) is 0 Å². The molecular weight excluding hydrogens is 344 g/mol. The fraction of sp³-hybridized carbons (Fsp3) is 0.462. The molecule has 0 aromatic heterocycles. The van der Waals surface area contributed by atoms with Crippen LogP contribution >= 0.6 is 0 Å². The van der Waals surface area contributed by atoms with Crippen molar-refractivity contribution in [1.29, 1.82) is 0 Å². The van der Waals surface area contributed by atoms with Crippen LogP contribution < -0.4 is 9.47 Å². The highest BCUT2D eigenvalue weighted by Crippen LogP contribution is 2.43. The largest absolute Gasteiger partial charge is 0.496 e. The number of fused-ring (bicyclic) bond motifs is 2. The van der Waals surface area contributed by atoms with Gasteiger partial charge in [0.25, 0.3) is 0 Å². The molecular formula is C26H34O2. The topological polar surface area (TPSA) is 18.5 Å². The van der Waals surface area contributed by atoms with Crippen LogP contribution in [0.1, 0.15) is 63.8 Å². The summed E-state index contributed by atoms with van der Waals surface area (Å²) in [6.45, 7) is 17.9. The molecule has 0 aliphatic carbocycles. The molecule has 0 spiro atoms. The zero-order valence-electron chi connectivity index (χ0n) is 19.1. The van der Waals surface area contributed by atoms with Crippen LogP contribution in [0.3, 0.4) is 0 Å². The van der Waals surface area contributed by atoms with Gasteiger partial charge in [0.2, 0.25) is 0 Å². The zero-order chi connectivity index (χ0) is 21.0. The Bertz CT molecular complexity index is 973. The number of hydrogen-bond donors (Lipinski definition) is 0. The molecule has 0 saturated carbocycles. The second-order valence-corrected chi connectivity index (χ2v) is 9.95. The first-order valence-corrected chi connectivity index (χ1v) is 10.0. The molecule has 0 fully saturated rings. The molecule has 3 rings (SSSR count). The third-order valence-corrected chi connectivity index (χ3v) is 5.91. The fourth-order valence-corrected chi connectivity index (χ4v) is 4.20. The Morgan fingerprint density at radius 2 is 0.821 bits per heavy atom. The van der Waals surface area contributed by atoms with Gasteiger partial charge in [-0.15, -0.1) is 0 Å². The summed E-state index contributed by atoms with van der Waals surface area (Å²) in [7, 11) is 3.53. The summed E-state index contributed by atoms with van der Waals surface area (Å²) >= 11 is 0. The van der Waals surface area contributed by atoms with E-state index in [4.69, 9.17) is 9.47 Å². The van der Waals surface area contributed by atoms with Gasteiger partial charge >= 0.3 is 0 Å². The van der Waals surface area contributed by atoms with E-state index in [1.165, 1.54) is 43.8 Å². The van der Waals surface area contributed by atoms with Crippen molar-refractivity contribution in [2.75, 3.05) is 14.2 Å². The van der Waals surface area contributed by atoms with Crippen molar-refractivity contribution >= 4 is 21.5 Å². The molecule has 0 atom stereocenters. The van der Waals surface area contributed by atoms with Crippen LogP contribution in [0.5, 0.6) is 11.5 Å². The van der Waals surface area contributed by atoms with Crippen molar-refractivity contribution in [2.24, 2.45) is 0 Å². The minimum Gasteiger partial charge on any atom is -0.496 e. The van der Waals surface area contributed by atoms with Crippen LogP contribution in [0.4, 0.5) is 0 Å². The lowest BCUT2D eigenvalue weighted by atomic mass is 9.81. The van der Waals surface area contributed by atoms with E-state index in [9.17, 15) is 0 Å². The minimum atomic E-state index is 0.0165. The van der Waals surface area contributed by atoms with Crippen molar-refractivity contribution in [3.8, 4) is 11.5 Å². The molecule has 0 saturated heterocycles. The number of aryl methyl sites for hydroxylation is 2. The highest BCUT2D eigenvalue weighted by Gasteiger charge is 2.24. The van der Waals surface area contributed by atoms with Crippen molar-refractivity contribution < 1.29 is 9.47 Å². The third kappa shape index (κ3) is 3.23. The van der Waals surface area contributed by atoms with Gasteiger partial charge in [-0.2, -0.15) is 0 Å². The summed E-state index contributed by atoms with van der Waals surface area (Å²) in [4.78, 5) is 0. The Balaban J connectivity index is 2.50. The Kier molecular flexibility index (Phi) is 4.90. The normalized spacial score (nSPS) is 12.6. The first-order valence-electron chi connectivity index (χ1n) is 10.0. The lowest BCUT2D eigenvalue weighted by Crippen LogP contribution is -2.14. The van der Waals surface area contributed by atoms with Crippen LogP contribution in [0.2, 0.25) is 0 Å². The van der Waals surface area contributed by atoms with Gasteiger partial charge in [0.05, 0.1) is 14.2 Å². The van der Waals surface area contributed by atoms with E-state index in [-0.39, 0.29) is 10.8 Å². The van der Waals surface area contributed by atoms with E-state index in [2.05, 4.69) is 79.7 Å². The number of methoxy groups -OCH3 is 2. The molecule has 0 heterocycles. The average molecular weight is 379 g/mol. The predicted molar refractivity (Wildman–Crippen MR) is 121 cm³/mol. The van der Waals surface area contributed by atoms with E-state index in [1.807, 2.05) is 0 Å². The number of benzene rings is 3. The number of rotatable bonds is 2. The van der Waals surface area contributed by atoms with Gasteiger partial charge in [-0.05, 0) is 81.6 Å². The lowest BCUT2D eigenvalue weighted by Gasteiger charge is -2.26. The molecule has 0 aliphatic heterocycles. The van der Waals surface area contributed by atoms with Crippen molar-refractivity contribution in [1.82, 2.24) is 0 Å². The first kappa shape index (κ1) is 20.5. The molecule has 3 aromatic carbocycles. The van der Waals surface area contributed by atoms with Gasteiger partial charge in [0.1, 0.15) is 11.5 Å². The van der Waals surface area contributed by atoms with Crippen molar-refractivity contribution in [2.45, 2.75) is 66.2 Å². The summed E-state index contributed by atoms with van der Waals surface area (Å²) in [5, 5.41) is 5.11. The van der Waals surface area contributed by atoms with Crippen LogP contribution in [0, 0.1) is 13.8 Å². The zero-order valence-corrected chi connectivity index (χ0v) is 19.1. The lowest BCUT2D eigenvalue weighted by molar-refractivity contribution is 0.398.